The number of nitriles is 1. The van der Waals surface area contributed by atoms with Crippen molar-refractivity contribution in [2.45, 2.75) is 19.4 Å². The van der Waals surface area contributed by atoms with Crippen LogP contribution in [0.2, 0.25) is 0 Å². The standard InChI is InChI=1S/C17H15FN2O/c1-3-12(2)16-5-4-6-17(20-16)21-11-14-8-7-13(10-19)9-15(14)18/h3-9,12H,1,11H2,2H3. The average molecular weight is 282 g/mol. The van der Waals surface area contributed by atoms with Gasteiger partial charge in [-0.15, -0.1) is 6.58 Å². The minimum atomic E-state index is -0.454. The minimum Gasteiger partial charge on any atom is -0.473 e. The lowest BCUT2D eigenvalue weighted by atomic mass is 10.1. The maximum Gasteiger partial charge on any atom is 0.213 e. The van der Waals surface area contributed by atoms with E-state index in [0.29, 0.717) is 11.4 Å². The summed E-state index contributed by atoms with van der Waals surface area (Å²) >= 11 is 0. The first kappa shape index (κ1) is 14.7. The Labute approximate surface area is 123 Å². The van der Waals surface area contributed by atoms with Gasteiger partial charge in [-0.3, -0.25) is 0 Å². The number of hydrogen-bond acceptors (Lipinski definition) is 3. The molecular weight excluding hydrogens is 267 g/mol. The number of ether oxygens (including phenoxy) is 1. The molecule has 0 aliphatic heterocycles. The topological polar surface area (TPSA) is 45.9 Å². The fraction of sp³-hybridized carbons (Fsp3) is 0.176. The predicted octanol–water partition coefficient (Wildman–Crippen LogP) is 3.96. The van der Waals surface area contributed by atoms with Crippen LogP contribution < -0.4 is 4.74 Å². The summed E-state index contributed by atoms with van der Waals surface area (Å²) in [6.45, 7) is 5.78. The van der Waals surface area contributed by atoms with Gasteiger partial charge in [-0.2, -0.15) is 5.26 Å². The first-order chi connectivity index (χ1) is 10.1. The molecule has 1 unspecified atom stereocenters. The highest BCUT2D eigenvalue weighted by Gasteiger charge is 2.07. The average Bonchev–Trinajstić information content (AvgIpc) is 2.53. The third-order valence-electron chi connectivity index (χ3n) is 3.12. The van der Waals surface area contributed by atoms with Gasteiger partial charge in [-0.25, -0.2) is 9.37 Å². The van der Waals surface area contributed by atoms with Gasteiger partial charge in [-0.1, -0.05) is 25.1 Å². The van der Waals surface area contributed by atoms with Gasteiger partial charge >= 0.3 is 0 Å². The Bertz CT molecular complexity index is 691. The van der Waals surface area contributed by atoms with Crippen LogP contribution >= 0.6 is 0 Å². The molecule has 0 N–H and O–H groups in total. The first-order valence-corrected chi connectivity index (χ1v) is 6.55. The number of pyridine rings is 1. The molecule has 1 aromatic carbocycles. The zero-order chi connectivity index (χ0) is 15.2. The maximum absolute atomic E-state index is 13.7. The molecule has 0 saturated heterocycles. The fourth-order valence-electron chi connectivity index (χ4n) is 1.77. The summed E-state index contributed by atoms with van der Waals surface area (Å²) in [6, 6.07) is 11.6. The number of aromatic nitrogens is 1. The van der Waals surface area contributed by atoms with Gasteiger partial charge in [0, 0.05) is 17.5 Å². The van der Waals surface area contributed by atoms with Crippen molar-refractivity contribution in [3.05, 3.63) is 71.7 Å². The minimum absolute atomic E-state index is 0.0659. The lowest BCUT2D eigenvalue weighted by Gasteiger charge is -2.10. The van der Waals surface area contributed by atoms with Crippen molar-refractivity contribution in [1.29, 1.82) is 5.26 Å². The van der Waals surface area contributed by atoms with E-state index in [-0.39, 0.29) is 18.1 Å². The van der Waals surface area contributed by atoms with Crippen LogP contribution in [0.15, 0.2) is 49.1 Å². The summed E-state index contributed by atoms with van der Waals surface area (Å²) in [4.78, 5) is 4.35. The van der Waals surface area contributed by atoms with E-state index in [4.69, 9.17) is 10.00 Å². The zero-order valence-electron chi connectivity index (χ0n) is 11.7. The van der Waals surface area contributed by atoms with E-state index in [1.165, 1.54) is 6.07 Å². The molecule has 0 amide bonds. The Hall–Kier alpha value is -2.67. The molecule has 2 rings (SSSR count). The summed E-state index contributed by atoms with van der Waals surface area (Å²) in [5.74, 6) is 0.106. The van der Waals surface area contributed by atoms with Gasteiger partial charge in [0.05, 0.1) is 17.3 Å². The van der Waals surface area contributed by atoms with Crippen molar-refractivity contribution >= 4 is 0 Å². The van der Waals surface area contributed by atoms with Crippen LogP contribution in [0.4, 0.5) is 4.39 Å². The van der Waals surface area contributed by atoms with Gasteiger partial charge in [-0.05, 0) is 18.2 Å². The van der Waals surface area contributed by atoms with E-state index in [0.717, 1.165) is 5.69 Å². The van der Waals surface area contributed by atoms with E-state index >= 15 is 0 Å². The fourth-order valence-corrected chi connectivity index (χ4v) is 1.77. The number of nitrogens with zero attached hydrogens (tertiary/aromatic N) is 2. The van der Waals surface area contributed by atoms with E-state index < -0.39 is 5.82 Å². The van der Waals surface area contributed by atoms with Crippen LogP contribution in [-0.2, 0) is 6.61 Å². The molecule has 0 aliphatic carbocycles. The van der Waals surface area contributed by atoms with E-state index in [2.05, 4.69) is 11.6 Å². The molecule has 2 aromatic rings. The van der Waals surface area contributed by atoms with Gasteiger partial charge in [0.15, 0.2) is 0 Å². The Morgan fingerprint density at radius 2 is 2.24 bits per heavy atom. The van der Waals surface area contributed by atoms with Crippen LogP contribution in [0.1, 0.15) is 29.7 Å². The highest BCUT2D eigenvalue weighted by Crippen LogP contribution is 2.18. The van der Waals surface area contributed by atoms with Crippen molar-refractivity contribution in [1.82, 2.24) is 4.98 Å². The number of hydrogen-bond donors (Lipinski definition) is 0. The second kappa shape index (κ2) is 6.67. The van der Waals surface area contributed by atoms with Crippen molar-refractivity contribution in [3.8, 4) is 11.9 Å². The molecular formula is C17H15FN2O. The molecule has 106 valence electrons. The van der Waals surface area contributed by atoms with Crippen LogP contribution in [0.5, 0.6) is 5.88 Å². The van der Waals surface area contributed by atoms with Gasteiger partial charge in [0.2, 0.25) is 5.88 Å². The lowest BCUT2D eigenvalue weighted by molar-refractivity contribution is 0.287. The number of rotatable bonds is 5. The summed E-state index contributed by atoms with van der Waals surface area (Å²) in [5.41, 5.74) is 1.52. The Balaban J connectivity index is 2.10. The third-order valence-corrected chi connectivity index (χ3v) is 3.12. The molecule has 1 atom stereocenters. The molecule has 0 radical (unpaired) electrons. The molecule has 3 nitrogen and oxygen atoms in total. The second-order valence-electron chi connectivity index (χ2n) is 4.63. The van der Waals surface area contributed by atoms with Crippen LogP contribution in [0, 0.1) is 17.1 Å². The molecule has 0 aliphatic rings. The molecule has 0 spiro atoms. The van der Waals surface area contributed by atoms with Gasteiger partial charge in [0.25, 0.3) is 0 Å². The maximum atomic E-state index is 13.7. The molecule has 1 heterocycles. The normalized spacial score (nSPS) is 11.5. The summed E-state index contributed by atoms with van der Waals surface area (Å²) in [6.07, 6.45) is 1.80. The van der Waals surface area contributed by atoms with E-state index in [1.54, 1.807) is 24.3 Å². The van der Waals surface area contributed by atoms with Crippen LogP contribution in [0.3, 0.4) is 0 Å². The van der Waals surface area contributed by atoms with Crippen molar-refractivity contribution < 1.29 is 9.13 Å². The Morgan fingerprint density at radius 1 is 1.43 bits per heavy atom. The molecule has 21 heavy (non-hydrogen) atoms. The van der Waals surface area contributed by atoms with Gasteiger partial charge in [0.1, 0.15) is 12.4 Å². The zero-order valence-corrected chi connectivity index (χ0v) is 11.7. The predicted molar refractivity (Wildman–Crippen MR) is 78.3 cm³/mol. The van der Waals surface area contributed by atoms with Crippen molar-refractivity contribution in [2.24, 2.45) is 0 Å². The molecule has 1 aromatic heterocycles. The SMILES string of the molecule is C=CC(C)c1cccc(OCc2ccc(C#N)cc2F)n1. The molecule has 0 saturated carbocycles. The van der Waals surface area contributed by atoms with Gasteiger partial charge < -0.3 is 4.74 Å². The number of benzene rings is 1. The summed E-state index contributed by atoms with van der Waals surface area (Å²) in [7, 11) is 0. The third kappa shape index (κ3) is 3.67. The molecule has 0 bridgehead atoms. The number of halogens is 1. The molecule has 0 fully saturated rings. The first-order valence-electron chi connectivity index (χ1n) is 6.55. The number of allylic oxidation sites excluding steroid dienone is 1. The van der Waals surface area contributed by atoms with Crippen molar-refractivity contribution in [2.75, 3.05) is 0 Å². The molecule has 4 heteroatoms. The Kier molecular flexibility index (Phi) is 4.68. The smallest absolute Gasteiger partial charge is 0.213 e. The monoisotopic (exact) mass is 282 g/mol. The van der Waals surface area contributed by atoms with E-state index in [9.17, 15) is 4.39 Å². The lowest BCUT2D eigenvalue weighted by Crippen LogP contribution is -2.02. The van der Waals surface area contributed by atoms with Crippen LogP contribution in [0.25, 0.3) is 0 Å². The Morgan fingerprint density at radius 3 is 2.90 bits per heavy atom. The van der Waals surface area contributed by atoms with Crippen molar-refractivity contribution in [3.63, 3.8) is 0 Å². The highest BCUT2D eigenvalue weighted by molar-refractivity contribution is 5.32. The highest BCUT2D eigenvalue weighted by atomic mass is 19.1. The van der Waals surface area contributed by atoms with Crippen LogP contribution in [-0.4, -0.2) is 4.98 Å². The quantitative estimate of drug-likeness (QED) is 0.780. The largest absolute Gasteiger partial charge is 0.473 e. The summed E-state index contributed by atoms with van der Waals surface area (Å²) < 4.78 is 19.3. The summed E-state index contributed by atoms with van der Waals surface area (Å²) in [5, 5.41) is 8.70. The van der Waals surface area contributed by atoms with E-state index in [1.807, 2.05) is 25.1 Å². The second-order valence-corrected chi connectivity index (χ2v) is 4.63.